The Morgan fingerprint density at radius 2 is 1.80 bits per heavy atom. The zero-order valence-electron chi connectivity index (χ0n) is 12.6. The molecule has 0 saturated carbocycles. The summed E-state index contributed by atoms with van der Waals surface area (Å²) in [5.74, 6) is -1.24. The standard InChI is InChI=1S/C16H12Cl2F2N2O3/c17-11-4-2-1-3-10(11)15(24)21-8-14(23)22-9-5-6-13(12(18)7-9)25-16(19)20/h1-7,16H,8H2,(H,21,24)(H,22,23). The molecule has 25 heavy (non-hydrogen) atoms. The molecule has 0 heterocycles. The van der Waals surface area contributed by atoms with Crippen molar-refractivity contribution in [2.24, 2.45) is 0 Å². The van der Waals surface area contributed by atoms with Gasteiger partial charge in [0.05, 0.1) is 22.2 Å². The minimum absolute atomic E-state index is 0.0850. The number of hydrogen-bond acceptors (Lipinski definition) is 3. The van der Waals surface area contributed by atoms with E-state index in [2.05, 4.69) is 15.4 Å². The molecule has 0 spiro atoms. The molecule has 0 aliphatic rings. The summed E-state index contributed by atoms with van der Waals surface area (Å²) in [6.07, 6.45) is 0. The van der Waals surface area contributed by atoms with Crippen LogP contribution >= 0.6 is 23.2 Å². The minimum Gasteiger partial charge on any atom is -0.433 e. The van der Waals surface area contributed by atoms with E-state index < -0.39 is 18.4 Å². The van der Waals surface area contributed by atoms with E-state index >= 15 is 0 Å². The maximum Gasteiger partial charge on any atom is 0.387 e. The predicted molar refractivity (Wildman–Crippen MR) is 90.5 cm³/mol. The second-order valence-corrected chi connectivity index (χ2v) is 5.55. The molecule has 9 heteroatoms. The van der Waals surface area contributed by atoms with E-state index in [0.717, 1.165) is 0 Å². The number of rotatable bonds is 6. The molecule has 0 fully saturated rings. The molecule has 0 saturated heterocycles. The van der Waals surface area contributed by atoms with Gasteiger partial charge in [-0.05, 0) is 30.3 Å². The summed E-state index contributed by atoms with van der Waals surface area (Å²) in [6, 6.07) is 10.2. The van der Waals surface area contributed by atoms with E-state index in [-0.39, 0.29) is 33.6 Å². The summed E-state index contributed by atoms with van der Waals surface area (Å²) >= 11 is 11.7. The number of nitrogens with one attached hydrogen (secondary N) is 2. The number of anilines is 1. The molecule has 2 rings (SSSR count). The Kier molecular flexibility index (Phi) is 6.55. The van der Waals surface area contributed by atoms with Crippen LogP contribution in [0.3, 0.4) is 0 Å². The first-order valence-electron chi connectivity index (χ1n) is 6.93. The third-order valence-corrected chi connectivity index (χ3v) is 3.58. The van der Waals surface area contributed by atoms with Crippen molar-refractivity contribution >= 4 is 40.7 Å². The van der Waals surface area contributed by atoms with E-state index in [1.807, 2.05) is 0 Å². The number of halogens is 4. The lowest BCUT2D eigenvalue weighted by atomic mass is 10.2. The van der Waals surface area contributed by atoms with E-state index in [1.165, 1.54) is 24.3 Å². The number of carbonyl (C=O) groups is 2. The first kappa shape index (κ1) is 19.0. The monoisotopic (exact) mass is 388 g/mol. The van der Waals surface area contributed by atoms with Crippen molar-refractivity contribution in [1.82, 2.24) is 5.32 Å². The third-order valence-electron chi connectivity index (χ3n) is 2.96. The van der Waals surface area contributed by atoms with E-state index in [0.29, 0.717) is 0 Å². The average Bonchev–Trinajstić information content (AvgIpc) is 2.55. The number of alkyl halides is 2. The van der Waals surface area contributed by atoms with Crippen LogP contribution in [0.1, 0.15) is 10.4 Å². The van der Waals surface area contributed by atoms with Gasteiger partial charge in [-0.3, -0.25) is 9.59 Å². The molecule has 5 nitrogen and oxygen atoms in total. The first-order chi connectivity index (χ1) is 11.9. The topological polar surface area (TPSA) is 67.4 Å². The molecule has 2 aromatic carbocycles. The van der Waals surface area contributed by atoms with Gasteiger partial charge in [-0.1, -0.05) is 35.3 Å². The van der Waals surface area contributed by atoms with Gasteiger partial charge in [-0.15, -0.1) is 0 Å². The largest absolute Gasteiger partial charge is 0.433 e. The van der Waals surface area contributed by atoms with Gasteiger partial charge in [0.15, 0.2) is 0 Å². The van der Waals surface area contributed by atoms with Crippen molar-refractivity contribution < 1.29 is 23.1 Å². The highest BCUT2D eigenvalue weighted by molar-refractivity contribution is 6.34. The highest BCUT2D eigenvalue weighted by atomic mass is 35.5. The van der Waals surface area contributed by atoms with Crippen LogP contribution in [0.2, 0.25) is 10.0 Å². The molecule has 0 aromatic heterocycles. The fourth-order valence-corrected chi connectivity index (χ4v) is 2.32. The molecular formula is C16H12Cl2F2N2O3. The van der Waals surface area contributed by atoms with Gasteiger partial charge in [0.2, 0.25) is 5.91 Å². The van der Waals surface area contributed by atoms with Crippen molar-refractivity contribution in [3.63, 3.8) is 0 Å². The Labute approximate surface area is 151 Å². The van der Waals surface area contributed by atoms with Crippen LogP contribution in [0, 0.1) is 0 Å². The highest BCUT2D eigenvalue weighted by Gasteiger charge is 2.13. The molecule has 0 aliphatic heterocycles. The normalized spacial score (nSPS) is 10.4. The summed E-state index contributed by atoms with van der Waals surface area (Å²) in [6.45, 7) is -3.31. The summed E-state index contributed by atoms with van der Waals surface area (Å²) in [7, 11) is 0. The predicted octanol–water partition coefficient (Wildman–Crippen LogP) is 3.96. The van der Waals surface area contributed by atoms with Crippen LogP contribution in [0.4, 0.5) is 14.5 Å². The highest BCUT2D eigenvalue weighted by Crippen LogP contribution is 2.28. The summed E-state index contributed by atoms with van der Waals surface area (Å²) in [5.41, 5.74) is 0.511. The van der Waals surface area contributed by atoms with Crippen molar-refractivity contribution in [3.05, 3.63) is 58.1 Å². The lowest BCUT2D eigenvalue weighted by molar-refractivity contribution is -0.115. The molecule has 0 bridgehead atoms. The number of hydrogen-bond donors (Lipinski definition) is 2. The van der Waals surface area contributed by atoms with Crippen molar-refractivity contribution in [3.8, 4) is 5.75 Å². The molecule has 2 aromatic rings. The number of ether oxygens (including phenoxy) is 1. The van der Waals surface area contributed by atoms with Crippen LogP contribution in [-0.2, 0) is 4.79 Å². The Hall–Kier alpha value is -2.38. The Morgan fingerprint density at radius 3 is 2.44 bits per heavy atom. The fourth-order valence-electron chi connectivity index (χ4n) is 1.88. The first-order valence-corrected chi connectivity index (χ1v) is 7.69. The molecule has 0 aliphatic carbocycles. The van der Waals surface area contributed by atoms with Crippen molar-refractivity contribution in [2.75, 3.05) is 11.9 Å². The van der Waals surface area contributed by atoms with Gasteiger partial charge in [-0.25, -0.2) is 0 Å². The minimum atomic E-state index is -3.00. The molecule has 2 N–H and O–H groups in total. The van der Waals surface area contributed by atoms with Gasteiger partial charge < -0.3 is 15.4 Å². The summed E-state index contributed by atoms with van der Waals surface area (Å²) in [5, 5.41) is 5.07. The van der Waals surface area contributed by atoms with Crippen LogP contribution in [0.5, 0.6) is 5.75 Å². The molecule has 0 radical (unpaired) electrons. The second-order valence-electron chi connectivity index (χ2n) is 4.73. The number of benzene rings is 2. The van der Waals surface area contributed by atoms with Gasteiger partial charge >= 0.3 is 6.61 Å². The second kappa shape index (κ2) is 8.64. The number of amides is 2. The van der Waals surface area contributed by atoms with E-state index in [4.69, 9.17) is 23.2 Å². The van der Waals surface area contributed by atoms with Crippen LogP contribution in [-0.4, -0.2) is 25.0 Å². The van der Waals surface area contributed by atoms with Crippen LogP contribution in [0.15, 0.2) is 42.5 Å². The lowest BCUT2D eigenvalue weighted by Gasteiger charge is -2.10. The Bertz CT molecular complexity index is 788. The summed E-state index contributed by atoms with van der Waals surface area (Å²) in [4.78, 5) is 23.8. The van der Waals surface area contributed by atoms with Gasteiger partial charge in [0.25, 0.3) is 5.91 Å². The van der Waals surface area contributed by atoms with E-state index in [1.54, 1.807) is 18.2 Å². The van der Waals surface area contributed by atoms with Gasteiger partial charge in [0.1, 0.15) is 5.75 Å². The molecule has 2 amide bonds. The number of carbonyl (C=O) groups excluding carboxylic acids is 2. The quantitative estimate of drug-likeness (QED) is 0.786. The van der Waals surface area contributed by atoms with Crippen molar-refractivity contribution in [2.45, 2.75) is 6.61 Å². The maximum absolute atomic E-state index is 12.2. The zero-order valence-corrected chi connectivity index (χ0v) is 14.1. The summed E-state index contributed by atoms with van der Waals surface area (Å²) < 4.78 is 28.5. The molecule has 0 atom stereocenters. The fraction of sp³-hybridized carbons (Fsp3) is 0.125. The van der Waals surface area contributed by atoms with Gasteiger partial charge in [0, 0.05) is 5.69 Å². The lowest BCUT2D eigenvalue weighted by Crippen LogP contribution is -2.33. The third kappa shape index (κ3) is 5.58. The maximum atomic E-state index is 12.2. The average molecular weight is 389 g/mol. The van der Waals surface area contributed by atoms with E-state index in [9.17, 15) is 18.4 Å². The van der Waals surface area contributed by atoms with Crippen LogP contribution < -0.4 is 15.4 Å². The molecule has 132 valence electrons. The van der Waals surface area contributed by atoms with Gasteiger partial charge in [-0.2, -0.15) is 8.78 Å². The van der Waals surface area contributed by atoms with Crippen LogP contribution in [0.25, 0.3) is 0 Å². The molecular weight excluding hydrogens is 377 g/mol. The zero-order chi connectivity index (χ0) is 18.4. The Morgan fingerprint density at radius 1 is 1.08 bits per heavy atom. The van der Waals surface area contributed by atoms with Crippen molar-refractivity contribution in [1.29, 1.82) is 0 Å². The smallest absolute Gasteiger partial charge is 0.387 e. The SMILES string of the molecule is O=C(CNC(=O)c1ccccc1Cl)Nc1ccc(OC(F)F)c(Cl)c1. The molecule has 0 unspecified atom stereocenters. The Balaban J connectivity index is 1.91.